The number of fused-ring (bicyclic) bond motifs is 5. The van der Waals surface area contributed by atoms with Crippen LogP contribution in [0.15, 0.2) is 22.8 Å². The Morgan fingerprint density at radius 2 is 1.97 bits per heavy atom. The Morgan fingerprint density at radius 3 is 2.72 bits per heavy atom. The van der Waals surface area contributed by atoms with Gasteiger partial charge in [0, 0.05) is 6.04 Å². The van der Waals surface area contributed by atoms with E-state index in [1.165, 1.54) is 51.5 Å². The highest BCUT2D eigenvalue weighted by Crippen LogP contribution is 2.63. The number of piperidine rings is 1. The lowest BCUT2D eigenvalue weighted by atomic mass is 9.56. The molecule has 5 aliphatic rings. The topological polar surface area (TPSA) is 32.3 Å². The first-order valence-corrected chi connectivity index (χ1v) is 12.7. The first kappa shape index (κ1) is 20.3. The minimum absolute atomic E-state index is 0.0913. The van der Waals surface area contributed by atoms with Crippen LogP contribution in [0.4, 0.5) is 0 Å². The molecule has 9 atom stereocenters. The minimum Gasteiger partial charge on any atom is -0.393 e. The van der Waals surface area contributed by atoms with Crippen LogP contribution in [0, 0.1) is 40.9 Å². The zero-order chi connectivity index (χ0) is 20.3. The van der Waals surface area contributed by atoms with Gasteiger partial charge in [-0.1, -0.05) is 43.6 Å². The van der Waals surface area contributed by atoms with Crippen LogP contribution in [-0.4, -0.2) is 23.8 Å². The van der Waals surface area contributed by atoms with Gasteiger partial charge in [0.15, 0.2) is 0 Å². The van der Waals surface area contributed by atoms with Gasteiger partial charge < -0.3 is 10.4 Å². The number of allylic oxidation sites excluding steroid dienone is 3. The Balaban J connectivity index is 1.37. The molecular weight excluding hydrogens is 354 g/mol. The first-order valence-electron chi connectivity index (χ1n) is 12.7. The molecule has 0 unspecified atom stereocenters. The largest absolute Gasteiger partial charge is 0.393 e. The summed E-state index contributed by atoms with van der Waals surface area (Å²) in [7, 11) is 0. The molecule has 0 amide bonds. The van der Waals surface area contributed by atoms with Gasteiger partial charge in [0.25, 0.3) is 0 Å². The van der Waals surface area contributed by atoms with E-state index >= 15 is 0 Å². The Morgan fingerprint density at radius 1 is 1.14 bits per heavy atom. The number of hydrogen-bond donors (Lipinski definition) is 2. The molecule has 0 radical (unpaired) electrons. The van der Waals surface area contributed by atoms with E-state index in [1.807, 2.05) is 5.57 Å². The summed E-state index contributed by atoms with van der Waals surface area (Å²) >= 11 is 0. The average molecular weight is 398 g/mol. The molecule has 1 heterocycles. The predicted octanol–water partition coefficient (Wildman–Crippen LogP) is 5.87. The maximum atomic E-state index is 10.2. The molecule has 29 heavy (non-hydrogen) atoms. The number of nitrogens with one attached hydrogen (secondary N) is 1. The van der Waals surface area contributed by atoms with Crippen molar-refractivity contribution in [2.75, 3.05) is 6.54 Å². The summed E-state index contributed by atoms with van der Waals surface area (Å²) < 4.78 is 0. The van der Waals surface area contributed by atoms with Crippen molar-refractivity contribution >= 4 is 0 Å². The maximum Gasteiger partial charge on any atom is 0.0577 e. The van der Waals surface area contributed by atoms with Crippen molar-refractivity contribution in [1.29, 1.82) is 0 Å². The Kier molecular flexibility index (Phi) is 5.27. The second-order valence-corrected chi connectivity index (χ2v) is 11.8. The molecule has 0 aromatic heterocycles. The molecule has 2 saturated carbocycles. The number of rotatable bonds is 2. The third-order valence-corrected chi connectivity index (χ3v) is 10.4. The van der Waals surface area contributed by atoms with Crippen molar-refractivity contribution < 1.29 is 5.11 Å². The van der Waals surface area contributed by atoms with E-state index in [0.29, 0.717) is 5.41 Å². The molecule has 162 valence electrons. The Hall–Kier alpha value is -0.600. The van der Waals surface area contributed by atoms with Crippen LogP contribution in [-0.2, 0) is 0 Å². The van der Waals surface area contributed by atoms with Crippen molar-refractivity contribution in [2.45, 2.75) is 97.6 Å². The van der Waals surface area contributed by atoms with Crippen LogP contribution in [0.2, 0.25) is 0 Å². The smallest absolute Gasteiger partial charge is 0.0577 e. The molecule has 4 aliphatic carbocycles. The van der Waals surface area contributed by atoms with Crippen LogP contribution in [0.25, 0.3) is 0 Å². The van der Waals surface area contributed by atoms with Gasteiger partial charge >= 0.3 is 0 Å². The zero-order valence-corrected chi connectivity index (χ0v) is 19.2. The second-order valence-electron chi connectivity index (χ2n) is 11.8. The SMILES string of the molecule is CC1=C2C[C@H]3[C@@H](CC=C4C[C@@H](O)CC[C@@]43C)[C@H]2CC[C@H]1[C@@H](C)[C@H]1CC[C@H](C)CN1. The van der Waals surface area contributed by atoms with Gasteiger partial charge in [0.05, 0.1) is 6.10 Å². The first-order chi connectivity index (χ1) is 13.9. The Bertz CT molecular complexity index is 699. The van der Waals surface area contributed by atoms with E-state index < -0.39 is 0 Å². The lowest BCUT2D eigenvalue weighted by molar-refractivity contribution is 0.0547. The fourth-order valence-corrected chi connectivity index (χ4v) is 8.40. The highest BCUT2D eigenvalue weighted by atomic mass is 16.3. The van der Waals surface area contributed by atoms with Gasteiger partial charge in [0.2, 0.25) is 0 Å². The van der Waals surface area contributed by atoms with Gasteiger partial charge in [0.1, 0.15) is 0 Å². The molecule has 0 aromatic carbocycles. The van der Waals surface area contributed by atoms with Crippen molar-refractivity contribution in [2.24, 2.45) is 40.9 Å². The molecule has 0 aromatic rings. The summed E-state index contributed by atoms with van der Waals surface area (Å²) in [6.07, 6.45) is 13.8. The van der Waals surface area contributed by atoms with E-state index in [2.05, 4.69) is 39.1 Å². The molecular formula is C27H43NO. The number of aliphatic hydroxyl groups is 1. The summed E-state index contributed by atoms with van der Waals surface area (Å²) in [4.78, 5) is 0. The number of aliphatic hydroxyl groups excluding tert-OH is 1. The maximum absolute atomic E-state index is 10.2. The second kappa shape index (κ2) is 7.52. The highest BCUT2D eigenvalue weighted by molar-refractivity contribution is 5.34. The van der Waals surface area contributed by atoms with E-state index in [-0.39, 0.29) is 6.10 Å². The fraction of sp³-hybridized carbons (Fsp3) is 0.852. The van der Waals surface area contributed by atoms with Crippen LogP contribution < -0.4 is 5.32 Å². The molecule has 3 fully saturated rings. The van der Waals surface area contributed by atoms with Crippen LogP contribution in [0.3, 0.4) is 0 Å². The van der Waals surface area contributed by atoms with Gasteiger partial charge in [-0.05, 0) is 112 Å². The van der Waals surface area contributed by atoms with E-state index in [1.54, 1.807) is 11.1 Å². The van der Waals surface area contributed by atoms with E-state index in [0.717, 1.165) is 54.4 Å². The van der Waals surface area contributed by atoms with Crippen molar-refractivity contribution in [1.82, 2.24) is 5.32 Å². The highest BCUT2D eigenvalue weighted by Gasteiger charge is 2.54. The third-order valence-electron chi connectivity index (χ3n) is 10.4. The third kappa shape index (κ3) is 3.28. The Labute approximate surface area is 178 Å². The molecule has 1 saturated heterocycles. The normalized spacial score (nSPS) is 48.4. The molecule has 2 N–H and O–H groups in total. The van der Waals surface area contributed by atoms with Gasteiger partial charge in [-0.3, -0.25) is 0 Å². The standard InChI is InChI=1S/C27H43NO/c1-16-5-10-26(28-15-16)18(3)21-8-9-22-23-7-6-19-13-20(29)11-12-27(19,4)25(23)14-24(22)17(21)2/h6,16,18,20-23,25-26,28-29H,5,7-15H2,1-4H3/t16-,18+,20-,21+,22+,23-,25-,26+,27-/m0/s1. The molecule has 1 aliphatic heterocycles. The molecule has 5 rings (SSSR count). The van der Waals surface area contributed by atoms with Crippen molar-refractivity contribution in [3.05, 3.63) is 22.8 Å². The lowest BCUT2D eigenvalue weighted by Crippen LogP contribution is -2.45. The molecule has 0 bridgehead atoms. The number of hydrogen-bond acceptors (Lipinski definition) is 2. The van der Waals surface area contributed by atoms with Crippen LogP contribution in [0.5, 0.6) is 0 Å². The summed E-state index contributed by atoms with van der Waals surface area (Å²) in [5, 5.41) is 14.1. The van der Waals surface area contributed by atoms with Crippen LogP contribution >= 0.6 is 0 Å². The molecule has 0 spiro atoms. The fourth-order valence-electron chi connectivity index (χ4n) is 8.40. The van der Waals surface area contributed by atoms with E-state index in [4.69, 9.17) is 0 Å². The van der Waals surface area contributed by atoms with E-state index in [9.17, 15) is 5.11 Å². The van der Waals surface area contributed by atoms with Crippen molar-refractivity contribution in [3.63, 3.8) is 0 Å². The summed E-state index contributed by atoms with van der Waals surface area (Å²) in [5.41, 5.74) is 5.60. The van der Waals surface area contributed by atoms with Crippen molar-refractivity contribution in [3.8, 4) is 0 Å². The zero-order valence-electron chi connectivity index (χ0n) is 19.2. The summed E-state index contributed by atoms with van der Waals surface area (Å²) in [5.74, 6) is 4.96. The predicted molar refractivity (Wildman–Crippen MR) is 121 cm³/mol. The quantitative estimate of drug-likeness (QED) is 0.571. The summed E-state index contributed by atoms with van der Waals surface area (Å²) in [6, 6.07) is 0.720. The molecule has 2 nitrogen and oxygen atoms in total. The summed E-state index contributed by atoms with van der Waals surface area (Å²) in [6.45, 7) is 11.2. The van der Waals surface area contributed by atoms with Crippen LogP contribution in [0.1, 0.15) is 85.5 Å². The minimum atomic E-state index is -0.0913. The van der Waals surface area contributed by atoms with Gasteiger partial charge in [-0.2, -0.15) is 0 Å². The average Bonchev–Trinajstić information content (AvgIpc) is 3.10. The lowest BCUT2D eigenvalue weighted by Gasteiger charge is -2.49. The van der Waals surface area contributed by atoms with Gasteiger partial charge in [-0.25, -0.2) is 0 Å². The molecule has 2 heteroatoms. The monoisotopic (exact) mass is 397 g/mol. The van der Waals surface area contributed by atoms with Gasteiger partial charge in [-0.15, -0.1) is 0 Å².